The van der Waals surface area contributed by atoms with Crippen molar-refractivity contribution in [2.75, 3.05) is 6.54 Å². The Morgan fingerprint density at radius 2 is 1.67 bits per heavy atom. The molecule has 2 heteroatoms. The van der Waals surface area contributed by atoms with Gasteiger partial charge in [-0.1, -0.05) is 42.5 Å². The molecule has 0 unspecified atom stereocenters. The van der Waals surface area contributed by atoms with E-state index in [1.165, 1.54) is 6.07 Å². The van der Waals surface area contributed by atoms with Gasteiger partial charge in [-0.2, -0.15) is 0 Å². The van der Waals surface area contributed by atoms with Crippen molar-refractivity contribution in [2.45, 2.75) is 12.9 Å². The maximum Gasteiger partial charge on any atom is 0.254 e. The van der Waals surface area contributed by atoms with Gasteiger partial charge in [0.15, 0.2) is 0 Å². The molecular weight excluding hydrogens is 222 g/mol. The molecule has 0 radical (unpaired) electrons. The fourth-order valence-corrected chi connectivity index (χ4v) is 1.94. The summed E-state index contributed by atoms with van der Waals surface area (Å²) < 4.78 is 33.0. The van der Waals surface area contributed by atoms with Crippen LogP contribution in [0.2, 0.25) is 0 Å². The SMILES string of the molecule is [2H]C1([2H])CN(C(=O)c2ccccc2)C([2H])([2H])c2ccccc21. The summed E-state index contributed by atoms with van der Waals surface area (Å²) in [4.78, 5) is 13.6. The molecule has 0 atom stereocenters. The van der Waals surface area contributed by atoms with Crippen LogP contribution in [0.5, 0.6) is 0 Å². The normalized spacial score (nSPS) is 23.0. The van der Waals surface area contributed by atoms with Crippen molar-refractivity contribution in [1.82, 2.24) is 4.90 Å². The quantitative estimate of drug-likeness (QED) is 0.751. The lowest BCUT2D eigenvalue weighted by Crippen LogP contribution is -2.35. The van der Waals surface area contributed by atoms with Crippen LogP contribution < -0.4 is 0 Å². The third-order valence-electron chi connectivity index (χ3n) is 2.88. The first-order valence-corrected chi connectivity index (χ1v) is 5.81. The van der Waals surface area contributed by atoms with Crippen LogP contribution in [0.25, 0.3) is 0 Å². The van der Waals surface area contributed by atoms with Crippen molar-refractivity contribution in [3.63, 3.8) is 0 Å². The molecule has 18 heavy (non-hydrogen) atoms. The second kappa shape index (κ2) is 4.65. The van der Waals surface area contributed by atoms with Crippen molar-refractivity contribution in [1.29, 1.82) is 0 Å². The first-order valence-electron chi connectivity index (χ1n) is 7.81. The molecule has 1 amide bonds. The molecule has 2 aromatic carbocycles. The van der Waals surface area contributed by atoms with Gasteiger partial charge in [-0.3, -0.25) is 4.79 Å². The van der Waals surface area contributed by atoms with Gasteiger partial charge in [-0.05, 0) is 29.6 Å². The Balaban J connectivity index is 2.10. The molecule has 1 heterocycles. The summed E-state index contributed by atoms with van der Waals surface area (Å²) in [5.41, 5.74) is 0.856. The van der Waals surface area contributed by atoms with Crippen LogP contribution >= 0.6 is 0 Å². The molecule has 0 bridgehead atoms. The number of amides is 1. The minimum Gasteiger partial charge on any atom is -0.334 e. The average molecular weight is 241 g/mol. The third-order valence-corrected chi connectivity index (χ3v) is 2.88. The lowest BCUT2D eigenvalue weighted by molar-refractivity contribution is 0.0734. The highest BCUT2D eigenvalue weighted by Gasteiger charge is 2.20. The molecule has 0 aromatic heterocycles. The lowest BCUT2D eigenvalue weighted by atomic mass is 9.99. The number of hydrogen-bond acceptors (Lipinski definition) is 1. The lowest BCUT2D eigenvalue weighted by Gasteiger charge is -2.28. The van der Waals surface area contributed by atoms with Crippen molar-refractivity contribution >= 4 is 5.91 Å². The number of carbonyl (C=O) groups is 1. The molecule has 0 saturated carbocycles. The largest absolute Gasteiger partial charge is 0.334 e. The first-order chi connectivity index (χ1) is 10.3. The van der Waals surface area contributed by atoms with E-state index in [0.717, 1.165) is 4.90 Å². The van der Waals surface area contributed by atoms with Gasteiger partial charge in [-0.15, -0.1) is 0 Å². The van der Waals surface area contributed by atoms with Crippen LogP contribution in [0.15, 0.2) is 54.6 Å². The van der Waals surface area contributed by atoms with Gasteiger partial charge in [0, 0.05) is 21.3 Å². The Morgan fingerprint density at radius 1 is 1.00 bits per heavy atom. The number of carbonyl (C=O) groups excluding carboxylic acids is 1. The summed E-state index contributed by atoms with van der Waals surface area (Å²) in [6.07, 6.45) is -1.79. The zero-order chi connectivity index (χ0) is 16.0. The second-order valence-corrected chi connectivity index (χ2v) is 4.09. The monoisotopic (exact) mass is 241 g/mol. The minimum absolute atomic E-state index is 0.204. The van der Waals surface area contributed by atoms with Gasteiger partial charge in [0.1, 0.15) is 0 Å². The minimum atomic E-state index is -2.05. The van der Waals surface area contributed by atoms with Crippen LogP contribution in [-0.4, -0.2) is 17.4 Å². The highest BCUT2D eigenvalue weighted by molar-refractivity contribution is 5.94. The number of fused-ring (bicyclic) bond motifs is 1. The van der Waals surface area contributed by atoms with Crippen LogP contribution in [0.4, 0.5) is 0 Å². The van der Waals surface area contributed by atoms with Crippen LogP contribution in [0.3, 0.4) is 0 Å². The van der Waals surface area contributed by atoms with Crippen molar-refractivity contribution in [3.05, 3.63) is 71.3 Å². The van der Waals surface area contributed by atoms with E-state index < -0.39 is 18.8 Å². The highest BCUT2D eigenvalue weighted by Crippen LogP contribution is 2.20. The smallest absolute Gasteiger partial charge is 0.254 e. The van der Waals surface area contributed by atoms with E-state index in [9.17, 15) is 4.79 Å². The van der Waals surface area contributed by atoms with Gasteiger partial charge < -0.3 is 4.90 Å². The standard InChI is InChI=1S/C16H15NO/c18-16(14-7-2-1-3-8-14)17-11-10-13-6-4-5-9-15(13)12-17/h1-9H,10-12H2/i10D2,12D2. The predicted octanol–water partition coefficient (Wildman–Crippen LogP) is 2.89. The molecule has 0 aliphatic carbocycles. The molecular formula is C16H15NO. The molecule has 0 spiro atoms. The van der Waals surface area contributed by atoms with Gasteiger partial charge in [0.25, 0.3) is 5.91 Å². The molecule has 1 aliphatic heterocycles. The van der Waals surface area contributed by atoms with Gasteiger partial charge >= 0.3 is 0 Å². The Morgan fingerprint density at radius 3 is 2.44 bits per heavy atom. The Hall–Kier alpha value is -2.09. The topological polar surface area (TPSA) is 20.3 Å². The van der Waals surface area contributed by atoms with Crippen molar-refractivity contribution < 1.29 is 10.3 Å². The highest BCUT2D eigenvalue weighted by atomic mass is 16.2. The fraction of sp³-hybridized carbons (Fsp3) is 0.188. The van der Waals surface area contributed by atoms with Crippen molar-refractivity contribution in [3.8, 4) is 0 Å². The summed E-state index contributed by atoms with van der Waals surface area (Å²) in [7, 11) is 0. The van der Waals surface area contributed by atoms with E-state index in [2.05, 4.69) is 0 Å². The Kier molecular flexibility index (Phi) is 1.90. The Bertz CT molecular complexity index is 715. The third kappa shape index (κ3) is 2.02. The van der Waals surface area contributed by atoms with E-state index in [0.29, 0.717) is 11.1 Å². The second-order valence-electron chi connectivity index (χ2n) is 4.09. The summed E-state index contributed by atoms with van der Waals surface area (Å²) in [5, 5.41) is 0. The van der Waals surface area contributed by atoms with Crippen LogP contribution in [-0.2, 0) is 12.9 Å². The van der Waals surface area contributed by atoms with E-state index in [-0.39, 0.29) is 12.1 Å². The number of rotatable bonds is 1. The Labute approximate surface area is 112 Å². The maximum atomic E-state index is 12.6. The summed E-state index contributed by atoms with van der Waals surface area (Å²) in [5.74, 6) is -0.510. The average Bonchev–Trinajstić information content (AvgIpc) is 2.52. The molecule has 0 fully saturated rings. The molecule has 3 rings (SSSR count). The van der Waals surface area contributed by atoms with Crippen LogP contribution in [0, 0.1) is 0 Å². The number of hydrogen-bond donors (Lipinski definition) is 0. The molecule has 2 nitrogen and oxygen atoms in total. The molecule has 1 aliphatic rings. The molecule has 2 aromatic rings. The van der Waals surface area contributed by atoms with E-state index >= 15 is 0 Å². The predicted molar refractivity (Wildman–Crippen MR) is 71.3 cm³/mol. The number of nitrogens with zero attached hydrogens (tertiary/aromatic N) is 1. The fourth-order valence-electron chi connectivity index (χ4n) is 1.94. The van der Waals surface area contributed by atoms with Gasteiger partial charge in [-0.25, -0.2) is 0 Å². The molecule has 0 N–H and O–H groups in total. The van der Waals surface area contributed by atoms with E-state index in [4.69, 9.17) is 5.48 Å². The molecule has 90 valence electrons. The zero-order valence-electron chi connectivity index (χ0n) is 13.8. The first kappa shape index (κ1) is 7.37. The zero-order valence-corrected chi connectivity index (χ0v) is 9.76. The van der Waals surface area contributed by atoms with Crippen molar-refractivity contribution in [2.24, 2.45) is 0 Å². The summed E-state index contributed by atoms with van der Waals surface area (Å²) in [6, 6.07) is 14.9. The van der Waals surface area contributed by atoms with E-state index in [1.807, 2.05) is 0 Å². The summed E-state index contributed by atoms with van der Waals surface area (Å²) in [6.45, 7) is -2.36. The van der Waals surface area contributed by atoms with Gasteiger partial charge in [0.2, 0.25) is 0 Å². The maximum absolute atomic E-state index is 12.6. The summed E-state index contributed by atoms with van der Waals surface area (Å²) >= 11 is 0. The molecule has 0 saturated heterocycles. The van der Waals surface area contributed by atoms with Gasteiger partial charge in [0.05, 0.1) is 2.74 Å². The number of benzene rings is 2. The van der Waals surface area contributed by atoms with E-state index in [1.54, 1.807) is 48.5 Å². The van der Waals surface area contributed by atoms with Crippen LogP contribution in [0.1, 0.15) is 27.0 Å².